The molecule has 1 aliphatic heterocycles. The van der Waals surface area contributed by atoms with E-state index in [1.54, 1.807) is 0 Å². The number of rotatable bonds is 1. The minimum absolute atomic E-state index is 0.159. The number of aliphatic hydroxyl groups excluding tert-OH is 1. The number of hydrogen-bond acceptors (Lipinski definition) is 2. The second kappa shape index (κ2) is 4.64. The Labute approximate surface area is 99.0 Å². The molecule has 1 N–H and O–H groups in total. The quantitative estimate of drug-likeness (QED) is 0.847. The largest absolute Gasteiger partial charge is 0.391 e. The molecule has 2 rings (SSSR count). The molecule has 1 aromatic rings. The Morgan fingerprint density at radius 1 is 1.33 bits per heavy atom. The average Bonchev–Trinajstić information content (AvgIpc) is 2.20. The minimum Gasteiger partial charge on any atom is -0.391 e. The van der Waals surface area contributed by atoms with Crippen molar-refractivity contribution in [1.29, 1.82) is 0 Å². The van der Waals surface area contributed by atoms with E-state index in [1.807, 2.05) is 12.1 Å². The Balaban J connectivity index is 2.23. The second-order valence-corrected chi connectivity index (χ2v) is 5.10. The smallest absolute Gasteiger partial charge is 0.0737 e. The summed E-state index contributed by atoms with van der Waals surface area (Å²) in [6.45, 7) is 1.07. The lowest BCUT2D eigenvalue weighted by Crippen LogP contribution is -2.39. The van der Waals surface area contributed by atoms with Gasteiger partial charge < -0.3 is 5.11 Å². The van der Waals surface area contributed by atoms with Crippen molar-refractivity contribution in [3.05, 3.63) is 34.3 Å². The number of likely N-dealkylation sites (tertiary alicyclic amines) is 1. The third-order valence-corrected chi connectivity index (χ3v) is 3.59. The van der Waals surface area contributed by atoms with Crippen LogP contribution in [-0.4, -0.2) is 29.7 Å². The van der Waals surface area contributed by atoms with E-state index in [-0.39, 0.29) is 12.1 Å². The standard InChI is InChI=1S/C12H16BrNO/c1-14-8-2-3-11(15)12(14)9-4-6-10(13)7-5-9/h4-7,11-12,15H,2-3,8H2,1H3. The molecule has 1 heterocycles. The van der Waals surface area contributed by atoms with Crippen molar-refractivity contribution in [2.45, 2.75) is 25.0 Å². The monoisotopic (exact) mass is 269 g/mol. The molecular formula is C12H16BrNO. The molecule has 2 atom stereocenters. The molecule has 0 aromatic heterocycles. The molecule has 2 unspecified atom stereocenters. The predicted octanol–water partition coefficient (Wildman–Crippen LogP) is 2.58. The maximum absolute atomic E-state index is 10.0. The molecule has 0 aliphatic carbocycles. The second-order valence-electron chi connectivity index (χ2n) is 4.19. The van der Waals surface area contributed by atoms with Gasteiger partial charge >= 0.3 is 0 Å². The van der Waals surface area contributed by atoms with E-state index in [0.717, 1.165) is 23.9 Å². The van der Waals surface area contributed by atoms with Crippen LogP contribution in [0.2, 0.25) is 0 Å². The first-order valence-corrected chi connectivity index (χ1v) is 6.11. The lowest BCUT2D eigenvalue weighted by atomic mass is 9.93. The first-order valence-electron chi connectivity index (χ1n) is 5.32. The molecule has 82 valence electrons. The van der Waals surface area contributed by atoms with Crippen molar-refractivity contribution >= 4 is 15.9 Å². The topological polar surface area (TPSA) is 23.5 Å². The fraction of sp³-hybridized carbons (Fsp3) is 0.500. The zero-order chi connectivity index (χ0) is 10.8. The summed E-state index contributed by atoms with van der Waals surface area (Å²) in [5.74, 6) is 0. The van der Waals surface area contributed by atoms with Crippen molar-refractivity contribution in [1.82, 2.24) is 4.90 Å². The highest BCUT2D eigenvalue weighted by Gasteiger charge is 2.28. The molecule has 15 heavy (non-hydrogen) atoms. The van der Waals surface area contributed by atoms with Gasteiger partial charge in [0.2, 0.25) is 0 Å². The van der Waals surface area contributed by atoms with Crippen LogP contribution in [0.25, 0.3) is 0 Å². The van der Waals surface area contributed by atoms with Crippen LogP contribution in [0.3, 0.4) is 0 Å². The predicted molar refractivity (Wildman–Crippen MR) is 64.8 cm³/mol. The zero-order valence-corrected chi connectivity index (χ0v) is 10.4. The van der Waals surface area contributed by atoms with Gasteiger partial charge in [-0.1, -0.05) is 28.1 Å². The summed E-state index contributed by atoms with van der Waals surface area (Å²) >= 11 is 3.42. The van der Waals surface area contributed by atoms with Gasteiger partial charge in [0.15, 0.2) is 0 Å². The Morgan fingerprint density at radius 3 is 2.60 bits per heavy atom. The lowest BCUT2D eigenvalue weighted by Gasteiger charge is -2.36. The summed E-state index contributed by atoms with van der Waals surface area (Å²) in [4.78, 5) is 2.23. The van der Waals surface area contributed by atoms with Crippen LogP contribution in [-0.2, 0) is 0 Å². The summed E-state index contributed by atoms with van der Waals surface area (Å²) < 4.78 is 1.08. The molecular weight excluding hydrogens is 254 g/mol. The molecule has 0 bridgehead atoms. The van der Waals surface area contributed by atoms with Crippen molar-refractivity contribution in [3.8, 4) is 0 Å². The van der Waals surface area contributed by atoms with Crippen LogP contribution in [0.4, 0.5) is 0 Å². The Morgan fingerprint density at radius 2 is 2.00 bits per heavy atom. The summed E-state index contributed by atoms with van der Waals surface area (Å²) in [6.07, 6.45) is 1.76. The summed E-state index contributed by atoms with van der Waals surface area (Å²) in [5, 5.41) is 10.0. The van der Waals surface area contributed by atoms with Crippen LogP contribution in [0, 0.1) is 0 Å². The summed E-state index contributed by atoms with van der Waals surface area (Å²) in [5.41, 5.74) is 1.20. The van der Waals surface area contributed by atoms with Gasteiger partial charge in [0.05, 0.1) is 12.1 Å². The molecule has 0 radical (unpaired) electrons. The number of halogens is 1. The van der Waals surface area contributed by atoms with Crippen molar-refractivity contribution in [3.63, 3.8) is 0 Å². The van der Waals surface area contributed by atoms with E-state index < -0.39 is 0 Å². The normalized spacial score (nSPS) is 27.9. The van der Waals surface area contributed by atoms with Crippen molar-refractivity contribution < 1.29 is 5.11 Å². The molecule has 2 nitrogen and oxygen atoms in total. The maximum atomic E-state index is 10.0. The third kappa shape index (κ3) is 2.41. The first-order chi connectivity index (χ1) is 7.18. The number of piperidine rings is 1. The van der Waals surface area contributed by atoms with Crippen LogP contribution in [0.1, 0.15) is 24.4 Å². The molecule has 1 aliphatic rings. The van der Waals surface area contributed by atoms with E-state index >= 15 is 0 Å². The molecule has 3 heteroatoms. The van der Waals surface area contributed by atoms with Crippen LogP contribution < -0.4 is 0 Å². The van der Waals surface area contributed by atoms with E-state index in [2.05, 4.69) is 40.0 Å². The van der Waals surface area contributed by atoms with E-state index in [9.17, 15) is 5.11 Å². The highest BCUT2D eigenvalue weighted by molar-refractivity contribution is 9.10. The number of likely N-dealkylation sites (N-methyl/N-ethyl adjacent to an activating group) is 1. The number of hydrogen-bond donors (Lipinski definition) is 1. The van der Waals surface area contributed by atoms with Gasteiger partial charge in [-0.05, 0) is 44.1 Å². The molecule has 0 amide bonds. The van der Waals surface area contributed by atoms with Gasteiger partial charge in [0.1, 0.15) is 0 Å². The Bertz CT molecular complexity index is 315. The van der Waals surface area contributed by atoms with Crippen molar-refractivity contribution in [2.75, 3.05) is 13.6 Å². The Hall–Kier alpha value is -0.380. The zero-order valence-electron chi connectivity index (χ0n) is 8.86. The highest BCUT2D eigenvalue weighted by atomic mass is 79.9. The Kier molecular flexibility index (Phi) is 3.44. The van der Waals surface area contributed by atoms with E-state index in [4.69, 9.17) is 0 Å². The lowest BCUT2D eigenvalue weighted by molar-refractivity contribution is 0.0241. The molecule has 0 spiro atoms. The van der Waals surface area contributed by atoms with Gasteiger partial charge in [0.25, 0.3) is 0 Å². The average molecular weight is 270 g/mol. The number of aliphatic hydroxyl groups is 1. The summed E-state index contributed by atoms with van der Waals surface area (Å²) in [7, 11) is 2.08. The van der Waals surface area contributed by atoms with E-state index in [0.29, 0.717) is 0 Å². The van der Waals surface area contributed by atoms with Gasteiger partial charge in [-0.25, -0.2) is 0 Å². The van der Waals surface area contributed by atoms with Crippen molar-refractivity contribution in [2.24, 2.45) is 0 Å². The van der Waals surface area contributed by atoms with Gasteiger partial charge in [-0.2, -0.15) is 0 Å². The fourth-order valence-electron chi connectivity index (χ4n) is 2.28. The van der Waals surface area contributed by atoms with Gasteiger partial charge in [-0.3, -0.25) is 4.90 Å². The summed E-state index contributed by atoms with van der Waals surface area (Å²) in [6, 6.07) is 8.39. The molecule has 1 fully saturated rings. The maximum Gasteiger partial charge on any atom is 0.0737 e. The number of nitrogens with zero attached hydrogens (tertiary/aromatic N) is 1. The molecule has 1 aromatic carbocycles. The molecule has 0 saturated carbocycles. The third-order valence-electron chi connectivity index (χ3n) is 3.06. The molecule has 1 saturated heterocycles. The van der Waals surface area contributed by atoms with Crippen LogP contribution >= 0.6 is 15.9 Å². The van der Waals surface area contributed by atoms with Crippen LogP contribution in [0.5, 0.6) is 0 Å². The van der Waals surface area contributed by atoms with Gasteiger partial charge in [-0.15, -0.1) is 0 Å². The van der Waals surface area contributed by atoms with Gasteiger partial charge in [0, 0.05) is 4.47 Å². The SMILES string of the molecule is CN1CCCC(O)C1c1ccc(Br)cc1. The highest BCUT2D eigenvalue weighted by Crippen LogP contribution is 2.30. The first kappa shape index (κ1) is 11.1. The van der Waals surface area contributed by atoms with E-state index in [1.165, 1.54) is 5.56 Å². The van der Waals surface area contributed by atoms with Crippen LogP contribution in [0.15, 0.2) is 28.7 Å². The fourth-order valence-corrected chi connectivity index (χ4v) is 2.54. The minimum atomic E-state index is -0.232. The number of benzene rings is 1.